The van der Waals surface area contributed by atoms with Gasteiger partial charge in [0.15, 0.2) is 23.2 Å². The molecule has 0 spiro atoms. The summed E-state index contributed by atoms with van der Waals surface area (Å²) >= 11 is 0. The van der Waals surface area contributed by atoms with Gasteiger partial charge in [0.1, 0.15) is 0 Å². The largest absolute Gasteiger partial charge is 0.490 e. The molecule has 4 rings (SSSR count). The van der Waals surface area contributed by atoms with Crippen LogP contribution >= 0.6 is 0 Å². The van der Waals surface area contributed by atoms with Gasteiger partial charge in [-0.25, -0.2) is 13.2 Å². The van der Waals surface area contributed by atoms with E-state index in [1.807, 2.05) is 25.1 Å². The molecule has 0 radical (unpaired) electrons. The van der Waals surface area contributed by atoms with Gasteiger partial charge in [0, 0.05) is 11.1 Å². The predicted molar refractivity (Wildman–Crippen MR) is 151 cm³/mol. The summed E-state index contributed by atoms with van der Waals surface area (Å²) in [6.45, 7) is 6.00. The molecule has 2 nitrogen and oxygen atoms in total. The summed E-state index contributed by atoms with van der Waals surface area (Å²) in [5, 5.41) is 10.2. The van der Waals surface area contributed by atoms with Gasteiger partial charge in [0.25, 0.3) is 0 Å². The highest BCUT2D eigenvalue weighted by molar-refractivity contribution is 5.72. The van der Waals surface area contributed by atoms with Crippen LogP contribution in [0.25, 0.3) is 22.3 Å². The number of hydrogen-bond acceptors (Lipinski definition) is 2. The van der Waals surface area contributed by atoms with Crippen molar-refractivity contribution in [3.63, 3.8) is 0 Å². The Hall–Kier alpha value is -3.83. The first-order chi connectivity index (χ1) is 18.9. The van der Waals surface area contributed by atoms with Crippen molar-refractivity contribution < 1.29 is 23.0 Å². The molecular weight excluding hydrogens is 497 g/mol. The molecule has 0 saturated carbocycles. The van der Waals surface area contributed by atoms with Crippen molar-refractivity contribution >= 4 is 0 Å². The highest BCUT2D eigenvalue weighted by Crippen LogP contribution is 2.32. The zero-order valence-electron chi connectivity index (χ0n) is 22.1. The fourth-order valence-electron chi connectivity index (χ4n) is 4.53. The monoisotopic (exact) mass is 530 g/mol. The van der Waals surface area contributed by atoms with Gasteiger partial charge in [-0.2, -0.15) is 0 Å². The quantitative estimate of drug-likeness (QED) is 0.146. The molecule has 4 aromatic rings. The SMILES string of the molecule is C=CCCOc1ccc(CCc2ccc(-c3ccc(-c4ccc(C(O)CCC)cc4)c(F)c3F)cc2)cc1F. The minimum Gasteiger partial charge on any atom is -0.490 e. The number of aliphatic hydroxyl groups excluding tert-OH is 1. The Kier molecular flexibility index (Phi) is 9.61. The Labute approximate surface area is 228 Å². The number of rotatable bonds is 12. The molecule has 0 fully saturated rings. The van der Waals surface area contributed by atoms with Crippen LogP contribution in [0.2, 0.25) is 0 Å². The van der Waals surface area contributed by atoms with Crippen molar-refractivity contribution in [2.75, 3.05) is 6.61 Å². The summed E-state index contributed by atoms with van der Waals surface area (Å²) in [7, 11) is 0. The van der Waals surface area contributed by atoms with Crippen molar-refractivity contribution in [2.45, 2.75) is 45.1 Å². The van der Waals surface area contributed by atoms with E-state index in [0.717, 1.165) is 23.1 Å². The van der Waals surface area contributed by atoms with E-state index in [2.05, 4.69) is 6.58 Å². The van der Waals surface area contributed by atoms with Crippen LogP contribution < -0.4 is 4.74 Å². The lowest BCUT2D eigenvalue weighted by Crippen LogP contribution is -1.99. The van der Waals surface area contributed by atoms with Crippen LogP contribution in [-0.4, -0.2) is 11.7 Å². The second-order valence-corrected chi connectivity index (χ2v) is 9.60. The molecule has 0 aliphatic carbocycles. The predicted octanol–water partition coefficient (Wildman–Crippen LogP) is 9.01. The van der Waals surface area contributed by atoms with Crippen LogP contribution in [0.5, 0.6) is 5.75 Å². The molecule has 0 saturated heterocycles. The average molecular weight is 531 g/mol. The molecule has 202 valence electrons. The van der Waals surface area contributed by atoms with Crippen LogP contribution in [0.4, 0.5) is 13.2 Å². The minimum atomic E-state index is -0.905. The minimum absolute atomic E-state index is 0.175. The van der Waals surface area contributed by atoms with Crippen molar-refractivity contribution in [3.05, 3.63) is 126 Å². The Balaban J connectivity index is 1.42. The standard InChI is InChI=1S/C34H33F3O2/c1-3-5-21-39-32-20-11-24(22-30(32)35)8-7-23-9-12-25(13-10-23)28-18-19-29(34(37)33(28)36)26-14-16-27(17-15-26)31(38)6-4-2/h3,9-20,22,31,38H,1,4-8,21H2,2H3. The normalized spacial score (nSPS) is 11.8. The van der Waals surface area contributed by atoms with Gasteiger partial charge in [-0.15, -0.1) is 6.58 Å². The van der Waals surface area contributed by atoms with Crippen molar-refractivity contribution in [1.82, 2.24) is 0 Å². The molecule has 0 aliphatic rings. The lowest BCUT2D eigenvalue weighted by atomic mass is 9.96. The third-order valence-corrected chi connectivity index (χ3v) is 6.79. The zero-order chi connectivity index (χ0) is 27.8. The number of aliphatic hydroxyl groups is 1. The Morgan fingerprint density at radius 2 is 1.36 bits per heavy atom. The molecule has 1 N–H and O–H groups in total. The van der Waals surface area contributed by atoms with Gasteiger partial charge in [0.2, 0.25) is 0 Å². The summed E-state index contributed by atoms with van der Waals surface area (Å²) in [5.41, 5.74) is 4.10. The first-order valence-electron chi connectivity index (χ1n) is 13.3. The molecule has 5 heteroatoms. The molecule has 0 aromatic heterocycles. The Morgan fingerprint density at radius 1 is 0.795 bits per heavy atom. The van der Waals surface area contributed by atoms with E-state index in [1.165, 1.54) is 6.07 Å². The van der Waals surface area contributed by atoms with Gasteiger partial charge in [-0.05, 0) is 65.6 Å². The van der Waals surface area contributed by atoms with Crippen molar-refractivity contribution in [3.8, 4) is 28.0 Å². The highest BCUT2D eigenvalue weighted by Gasteiger charge is 2.17. The molecule has 0 bridgehead atoms. The summed E-state index contributed by atoms with van der Waals surface area (Å²) in [5.74, 6) is -1.97. The summed E-state index contributed by atoms with van der Waals surface area (Å²) in [6.07, 6.45) is 4.61. The van der Waals surface area contributed by atoms with Gasteiger partial charge < -0.3 is 9.84 Å². The van der Waals surface area contributed by atoms with Gasteiger partial charge >= 0.3 is 0 Å². The van der Waals surface area contributed by atoms with E-state index in [-0.39, 0.29) is 16.9 Å². The summed E-state index contributed by atoms with van der Waals surface area (Å²) < 4.78 is 49.9. The van der Waals surface area contributed by atoms with E-state index < -0.39 is 23.6 Å². The highest BCUT2D eigenvalue weighted by atomic mass is 19.2. The first-order valence-corrected chi connectivity index (χ1v) is 13.3. The van der Waals surface area contributed by atoms with Crippen LogP contribution in [0.3, 0.4) is 0 Å². The first kappa shape index (κ1) is 28.2. The van der Waals surface area contributed by atoms with E-state index in [0.29, 0.717) is 43.4 Å². The summed E-state index contributed by atoms with van der Waals surface area (Å²) in [6, 6.07) is 22.4. The number of benzene rings is 4. The van der Waals surface area contributed by atoms with Crippen LogP contribution in [0, 0.1) is 17.5 Å². The van der Waals surface area contributed by atoms with Gasteiger partial charge in [0.05, 0.1) is 12.7 Å². The molecule has 1 unspecified atom stereocenters. The van der Waals surface area contributed by atoms with Gasteiger partial charge in [-0.1, -0.05) is 86.2 Å². The van der Waals surface area contributed by atoms with Crippen molar-refractivity contribution in [1.29, 1.82) is 0 Å². The smallest absolute Gasteiger partial charge is 0.167 e. The maximum Gasteiger partial charge on any atom is 0.167 e. The van der Waals surface area contributed by atoms with E-state index in [4.69, 9.17) is 4.74 Å². The maximum absolute atomic E-state index is 15.1. The second kappa shape index (κ2) is 13.3. The lowest BCUT2D eigenvalue weighted by molar-refractivity contribution is 0.166. The average Bonchev–Trinajstić information content (AvgIpc) is 2.95. The molecular formula is C34H33F3O2. The van der Waals surface area contributed by atoms with Crippen LogP contribution in [0.1, 0.15) is 49.0 Å². The van der Waals surface area contributed by atoms with E-state index >= 15 is 8.78 Å². The molecule has 0 amide bonds. The Bertz CT molecular complexity index is 1400. The van der Waals surface area contributed by atoms with Crippen LogP contribution in [0.15, 0.2) is 91.5 Å². The lowest BCUT2D eigenvalue weighted by Gasteiger charge is -2.12. The second-order valence-electron chi connectivity index (χ2n) is 9.60. The van der Waals surface area contributed by atoms with Gasteiger partial charge in [-0.3, -0.25) is 0 Å². The molecule has 1 atom stereocenters. The van der Waals surface area contributed by atoms with Crippen LogP contribution in [-0.2, 0) is 12.8 Å². The number of ether oxygens (including phenoxy) is 1. The number of hydrogen-bond donors (Lipinski definition) is 1. The third-order valence-electron chi connectivity index (χ3n) is 6.79. The van der Waals surface area contributed by atoms with Crippen molar-refractivity contribution in [2.24, 2.45) is 0 Å². The van der Waals surface area contributed by atoms with E-state index in [1.54, 1.807) is 60.7 Å². The zero-order valence-corrected chi connectivity index (χ0v) is 22.1. The Morgan fingerprint density at radius 3 is 1.92 bits per heavy atom. The molecule has 39 heavy (non-hydrogen) atoms. The summed E-state index contributed by atoms with van der Waals surface area (Å²) in [4.78, 5) is 0. The fourth-order valence-corrected chi connectivity index (χ4v) is 4.53. The molecule has 4 aromatic carbocycles. The van der Waals surface area contributed by atoms with E-state index in [9.17, 15) is 9.50 Å². The number of halogens is 3. The fraction of sp³-hybridized carbons (Fsp3) is 0.235. The topological polar surface area (TPSA) is 29.5 Å². The number of aryl methyl sites for hydroxylation is 2. The third kappa shape index (κ3) is 6.98. The molecule has 0 heterocycles. The molecule has 0 aliphatic heterocycles. The maximum atomic E-state index is 15.1.